The second-order valence-corrected chi connectivity index (χ2v) is 8.60. The summed E-state index contributed by atoms with van der Waals surface area (Å²) in [5.74, 6) is 0.699. The van der Waals surface area contributed by atoms with E-state index in [1.54, 1.807) is 12.1 Å². The van der Waals surface area contributed by atoms with Gasteiger partial charge >= 0.3 is 0 Å². The molecule has 0 fully saturated rings. The molecular formula is C23H25ClN6O. The van der Waals surface area contributed by atoms with Crippen LogP contribution in [0.3, 0.4) is 0 Å². The smallest absolute Gasteiger partial charge is 0.251 e. The molecule has 2 heterocycles. The average Bonchev–Trinajstić information content (AvgIpc) is 3.15. The molecule has 2 aromatic rings. The van der Waals surface area contributed by atoms with Crippen molar-refractivity contribution in [3.8, 4) is 0 Å². The van der Waals surface area contributed by atoms with Crippen molar-refractivity contribution in [2.75, 3.05) is 18.6 Å². The van der Waals surface area contributed by atoms with Gasteiger partial charge in [0.1, 0.15) is 6.67 Å². The van der Waals surface area contributed by atoms with Crippen molar-refractivity contribution in [2.24, 2.45) is 10.7 Å². The number of carbonyl (C=O) groups is 1. The Kier molecular flexibility index (Phi) is 5.82. The molecule has 0 aromatic heterocycles. The highest BCUT2D eigenvalue weighted by Gasteiger charge is 2.29. The number of aliphatic imine (C=N–C) groups is 1. The van der Waals surface area contributed by atoms with Crippen molar-refractivity contribution in [1.82, 2.24) is 15.4 Å². The lowest BCUT2D eigenvalue weighted by Gasteiger charge is -2.30. The average molecular weight is 437 g/mol. The third-order valence-corrected chi connectivity index (χ3v) is 5.04. The van der Waals surface area contributed by atoms with Gasteiger partial charge in [0.15, 0.2) is 5.84 Å². The van der Waals surface area contributed by atoms with Gasteiger partial charge in [-0.15, -0.1) is 5.12 Å². The largest absolute Gasteiger partial charge is 0.350 e. The summed E-state index contributed by atoms with van der Waals surface area (Å²) in [7, 11) is 0. The SMILES string of the molecule is CC(C)(N)CNC(=O)c1ccc(NN2CN=C3C(c4cccc(Cl)c4)=CC=CN32)cc1. The van der Waals surface area contributed by atoms with E-state index in [-0.39, 0.29) is 5.91 Å². The summed E-state index contributed by atoms with van der Waals surface area (Å²) in [6, 6.07) is 15.0. The van der Waals surface area contributed by atoms with Gasteiger partial charge in [-0.05, 0) is 68.0 Å². The Morgan fingerprint density at radius 2 is 2.00 bits per heavy atom. The van der Waals surface area contributed by atoms with Crippen LogP contribution in [0.25, 0.3) is 5.57 Å². The van der Waals surface area contributed by atoms with Gasteiger partial charge in [0.25, 0.3) is 5.91 Å². The van der Waals surface area contributed by atoms with Crippen LogP contribution in [0.1, 0.15) is 29.8 Å². The number of hydrogen-bond acceptors (Lipinski definition) is 6. The standard InChI is InChI=1S/C23H25ClN6O/c1-23(2,25)14-26-22(31)16-8-10-19(11-9-16)28-30-15-27-21-20(7-4-12-29(21)30)17-5-3-6-18(24)13-17/h3-13,28H,14-15,25H2,1-2H3,(H,26,31). The van der Waals surface area contributed by atoms with Gasteiger partial charge in [-0.3, -0.25) is 10.2 Å². The lowest BCUT2D eigenvalue weighted by molar-refractivity contribution is 0.0946. The number of halogens is 1. The molecule has 1 amide bonds. The van der Waals surface area contributed by atoms with Crippen LogP contribution in [0.4, 0.5) is 5.69 Å². The van der Waals surface area contributed by atoms with Crippen LogP contribution in [0, 0.1) is 0 Å². The maximum atomic E-state index is 12.3. The number of anilines is 1. The minimum Gasteiger partial charge on any atom is -0.350 e. The highest BCUT2D eigenvalue weighted by atomic mass is 35.5. The van der Waals surface area contributed by atoms with Crippen molar-refractivity contribution in [1.29, 1.82) is 0 Å². The molecule has 0 saturated carbocycles. The molecule has 2 aliphatic rings. The highest BCUT2D eigenvalue weighted by molar-refractivity contribution is 6.31. The second-order valence-electron chi connectivity index (χ2n) is 8.16. The quantitative estimate of drug-likeness (QED) is 0.643. The molecule has 8 heteroatoms. The van der Waals surface area contributed by atoms with Gasteiger partial charge in [-0.25, -0.2) is 10.0 Å². The predicted molar refractivity (Wildman–Crippen MR) is 125 cm³/mol. The molecule has 7 nitrogen and oxygen atoms in total. The van der Waals surface area contributed by atoms with E-state index < -0.39 is 5.54 Å². The summed E-state index contributed by atoms with van der Waals surface area (Å²) in [5, 5.41) is 7.39. The number of nitrogens with two attached hydrogens (primary N) is 1. The maximum Gasteiger partial charge on any atom is 0.251 e. The fourth-order valence-electron chi connectivity index (χ4n) is 3.27. The number of nitrogens with one attached hydrogen (secondary N) is 2. The first-order valence-corrected chi connectivity index (χ1v) is 10.4. The first kappa shape index (κ1) is 21.1. The third-order valence-electron chi connectivity index (χ3n) is 4.81. The van der Waals surface area contributed by atoms with Crippen LogP contribution in [-0.4, -0.2) is 40.6 Å². The monoisotopic (exact) mass is 436 g/mol. The molecule has 4 N–H and O–H groups in total. The summed E-state index contributed by atoms with van der Waals surface area (Å²) in [6.07, 6.45) is 5.95. The molecule has 4 rings (SSSR count). The normalized spacial score (nSPS) is 15.9. The number of hydrazine groups is 2. The Bertz CT molecular complexity index is 1070. The number of amidine groups is 1. The summed E-state index contributed by atoms with van der Waals surface area (Å²) in [6.45, 7) is 4.60. The van der Waals surface area contributed by atoms with E-state index in [2.05, 4.69) is 15.7 Å². The van der Waals surface area contributed by atoms with E-state index in [0.717, 1.165) is 22.7 Å². The van der Waals surface area contributed by atoms with E-state index in [0.29, 0.717) is 23.8 Å². The van der Waals surface area contributed by atoms with Gasteiger partial charge in [-0.1, -0.05) is 23.7 Å². The van der Waals surface area contributed by atoms with Crippen LogP contribution < -0.4 is 16.5 Å². The van der Waals surface area contributed by atoms with Crippen molar-refractivity contribution in [2.45, 2.75) is 19.4 Å². The fraction of sp³-hybridized carbons (Fsp3) is 0.217. The van der Waals surface area contributed by atoms with E-state index in [9.17, 15) is 4.79 Å². The van der Waals surface area contributed by atoms with Crippen molar-refractivity contribution >= 4 is 34.6 Å². The van der Waals surface area contributed by atoms with Crippen molar-refractivity contribution in [3.05, 3.63) is 83.0 Å². The number of carbonyl (C=O) groups excluding carboxylic acids is 1. The zero-order chi connectivity index (χ0) is 22.0. The van der Waals surface area contributed by atoms with Gasteiger partial charge < -0.3 is 11.1 Å². The minimum atomic E-state index is -0.453. The van der Waals surface area contributed by atoms with Crippen LogP contribution in [0.2, 0.25) is 5.02 Å². The van der Waals surface area contributed by atoms with E-state index in [1.807, 2.05) is 78.7 Å². The Labute approximate surface area is 186 Å². The number of allylic oxidation sites excluding steroid dienone is 2. The van der Waals surface area contributed by atoms with E-state index in [1.165, 1.54) is 0 Å². The molecule has 0 unspecified atom stereocenters. The molecule has 0 aliphatic carbocycles. The molecule has 0 atom stereocenters. The fourth-order valence-corrected chi connectivity index (χ4v) is 3.46. The predicted octanol–water partition coefficient (Wildman–Crippen LogP) is 3.63. The van der Waals surface area contributed by atoms with Gasteiger partial charge in [0, 0.05) is 34.4 Å². The molecule has 0 spiro atoms. The minimum absolute atomic E-state index is 0.146. The summed E-state index contributed by atoms with van der Waals surface area (Å²) in [4.78, 5) is 17.0. The van der Waals surface area contributed by atoms with E-state index in [4.69, 9.17) is 17.3 Å². The maximum absolute atomic E-state index is 12.3. The highest BCUT2D eigenvalue weighted by Crippen LogP contribution is 2.28. The van der Waals surface area contributed by atoms with Gasteiger partial charge in [-0.2, -0.15) is 0 Å². The number of amides is 1. The topological polar surface area (TPSA) is 86.0 Å². The van der Waals surface area contributed by atoms with Gasteiger partial charge in [0.05, 0.1) is 5.69 Å². The number of rotatable bonds is 6. The summed E-state index contributed by atoms with van der Waals surface area (Å²) in [5.41, 5.74) is 12.2. The van der Waals surface area contributed by atoms with Crippen molar-refractivity contribution in [3.63, 3.8) is 0 Å². The summed E-state index contributed by atoms with van der Waals surface area (Å²) < 4.78 is 0. The zero-order valence-corrected chi connectivity index (χ0v) is 18.2. The first-order chi connectivity index (χ1) is 14.8. The number of hydrogen-bond donors (Lipinski definition) is 3. The second kappa shape index (κ2) is 8.55. The lowest BCUT2D eigenvalue weighted by atomic mass is 10.0. The number of benzene rings is 2. The molecule has 2 aliphatic heterocycles. The Morgan fingerprint density at radius 3 is 2.71 bits per heavy atom. The molecule has 0 saturated heterocycles. The lowest BCUT2D eigenvalue weighted by Crippen LogP contribution is -2.45. The summed E-state index contributed by atoms with van der Waals surface area (Å²) >= 11 is 6.16. The first-order valence-electron chi connectivity index (χ1n) is 10.00. The van der Waals surface area contributed by atoms with Crippen LogP contribution in [0.5, 0.6) is 0 Å². The Balaban J connectivity index is 1.41. The molecule has 31 heavy (non-hydrogen) atoms. The Hall–Kier alpha value is -3.13. The van der Waals surface area contributed by atoms with Gasteiger partial charge in [0.2, 0.25) is 0 Å². The van der Waals surface area contributed by atoms with E-state index >= 15 is 0 Å². The molecule has 0 radical (unpaired) electrons. The van der Waals surface area contributed by atoms with Crippen LogP contribution in [0.15, 0.2) is 71.9 Å². The van der Waals surface area contributed by atoms with Crippen molar-refractivity contribution < 1.29 is 4.79 Å². The molecule has 0 bridgehead atoms. The molecular weight excluding hydrogens is 412 g/mol. The molecule has 2 aromatic carbocycles. The third kappa shape index (κ3) is 4.96. The number of fused-ring (bicyclic) bond motifs is 1. The van der Waals surface area contributed by atoms with Crippen LogP contribution in [-0.2, 0) is 0 Å². The Morgan fingerprint density at radius 1 is 1.23 bits per heavy atom. The van der Waals surface area contributed by atoms with Crippen LogP contribution >= 0.6 is 11.6 Å². The molecule has 160 valence electrons. The number of nitrogens with zero attached hydrogens (tertiary/aromatic N) is 3. The zero-order valence-electron chi connectivity index (χ0n) is 17.5.